The number of pyridine rings is 1. The van der Waals surface area contributed by atoms with Crippen molar-refractivity contribution in [3.05, 3.63) is 30.2 Å². The fourth-order valence-electron chi connectivity index (χ4n) is 3.30. The number of rotatable bonds is 4. The van der Waals surface area contributed by atoms with E-state index >= 15 is 0 Å². The van der Waals surface area contributed by atoms with Crippen molar-refractivity contribution in [1.82, 2.24) is 24.8 Å². The summed E-state index contributed by atoms with van der Waals surface area (Å²) in [6.07, 6.45) is 4.53. The van der Waals surface area contributed by atoms with Gasteiger partial charge in [0.25, 0.3) is 0 Å². The normalized spacial score (nSPS) is 18.5. The maximum atomic E-state index is 12.5. The number of aliphatic hydroxyl groups excluding tert-OH is 1. The zero-order valence-electron chi connectivity index (χ0n) is 14.3. The molecule has 0 bridgehead atoms. The van der Waals surface area contributed by atoms with Gasteiger partial charge < -0.3 is 15.3 Å². The molecular formula is C17H25N5O2. The van der Waals surface area contributed by atoms with Crippen molar-refractivity contribution in [3.8, 4) is 0 Å². The van der Waals surface area contributed by atoms with Gasteiger partial charge in [-0.2, -0.15) is 0 Å². The second-order valence-electron chi connectivity index (χ2n) is 6.66. The van der Waals surface area contributed by atoms with Gasteiger partial charge in [0.2, 0.25) is 0 Å². The molecule has 1 aliphatic heterocycles. The van der Waals surface area contributed by atoms with E-state index in [9.17, 15) is 9.90 Å². The number of aliphatic hydroxyl groups is 1. The first kappa shape index (κ1) is 16.7. The minimum Gasteiger partial charge on any atom is -0.396 e. The van der Waals surface area contributed by atoms with Crippen LogP contribution in [0.2, 0.25) is 0 Å². The first-order valence-corrected chi connectivity index (χ1v) is 8.54. The van der Waals surface area contributed by atoms with Gasteiger partial charge >= 0.3 is 6.03 Å². The minimum atomic E-state index is -0.231. The number of aromatic nitrogens is 3. The van der Waals surface area contributed by atoms with Crippen LogP contribution < -0.4 is 5.32 Å². The average molecular weight is 331 g/mol. The predicted molar refractivity (Wildman–Crippen MR) is 90.6 cm³/mol. The van der Waals surface area contributed by atoms with E-state index in [4.69, 9.17) is 0 Å². The topological polar surface area (TPSA) is 82.8 Å². The van der Waals surface area contributed by atoms with Crippen molar-refractivity contribution in [3.63, 3.8) is 0 Å². The summed E-state index contributed by atoms with van der Waals surface area (Å²) in [5.41, 5.74) is 0.744. The van der Waals surface area contributed by atoms with Crippen molar-refractivity contribution in [2.75, 3.05) is 19.7 Å². The third kappa shape index (κ3) is 3.08. The van der Waals surface area contributed by atoms with Gasteiger partial charge in [-0.25, -0.2) is 4.79 Å². The summed E-state index contributed by atoms with van der Waals surface area (Å²) in [6, 6.07) is 5.39. The summed E-state index contributed by atoms with van der Waals surface area (Å²) < 4.78 is 1.88. The number of carbonyl (C=O) groups is 1. The highest BCUT2D eigenvalue weighted by molar-refractivity contribution is 5.74. The van der Waals surface area contributed by atoms with Gasteiger partial charge in [0.1, 0.15) is 0 Å². The molecule has 1 aliphatic rings. The lowest BCUT2D eigenvalue weighted by atomic mass is 9.77. The van der Waals surface area contributed by atoms with Crippen molar-refractivity contribution in [1.29, 1.82) is 0 Å². The number of nitrogens with zero attached hydrogens (tertiary/aromatic N) is 4. The second-order valence-corrected chi connectivity index (χ2v) is 6.66. The van der Waals surface area contributed by atoms with Crippen LogP contribution in [-0.2, 0) is 0 Å². The molecule has 1 saturated heterocycles. The van der Waals surface area contributed by atoms with E-state index in [0.717, 1.165) is 24.9 Å². The summed E-state index contributed by atoms with van der Waals surface area (Å²) in [4.78, 5) is 14.3. The molecule has 24 heavy (non-hydrogen) atoms. The quantitative estimate of drug-likeness (QED) is 0.897. The summed E-state index contributed by atoms with van der Waals surface area (Å²) >= 11 is 0. The Morgan fingerprint density at radius 1 is 1.38 bits per heavy atom. The van der Waals surface area contributed by atoms with Gasteiger partial charge in [-0.1, -0.05) is 13.0 Å². The van der Waals surface area contributed by atoms with Gasteiger partial charge in [0, 0.05) is 25.9 Å². The largest absolute Gasteiger partial charge is 0.396 e. The van der Waals surface area contributed by atoms with Crippen molar-refractivity contribution in [2.24, 2.45) is 5.41 Å². The van der Waals surface area contributed by atoms with E-state index in [2.05, 4.69) is 22.4 Å². The molecule has 0 saturated carbocycles. The van der Waals surface area contributed by atoms with Crippen LogP contribution in [-0.4, -0.2) is 50.3 Å². The number of carbonyl (C=O) groups excluding carboxylic acids is 1. The molecule has 0 radical (unpaired) electrons. The Kier molecular flexibility index (Phi) is 4.71. The van der Waals surface area contributed by atoms with Crippen LogP contribution >= 0.6 is 0 Å². The fraction of sp³-hybridized carbons (Fsp3) is 0.588. The highest BCUT2D eigenvalue weighted by Crippen LogP contribution is 2.34. The molecule has 7 heteroatoms. The molecule has 3 heterocycles. The Morgan fingerprint density at radius 3 is 2.79 bits per heavy atom. The monoisotopic (exact) mass is 331 g/mol. The molecule has 1 unspecified atom stereocenters. The Hall–Kier alpha value is -2.15. The Bertz CT molecular complexity index is 700. The highest BCUT2D eigenvalue weighted by atomic mass is 16.3. The number of likely N-dealkylation sites (tertiary alicyclic amines) is 1. The summed E-state index contributed by atoms with van der Waals surface area (Å²) in [5.74, 6) is 0.717. The Balaban J connectivity index is 1.63. The highest BCUT2D eigenvalue weighted by Gasteiger charge is 2.34. The van der Waals surface area contributed by atoms with E-state index in [1.807, 2.05) is 40.6 Å². The molecular weight excluding hydrogens is 306 g/mol. The molecule has 1 atom stereocenters. The number of piperidine rings is 1. The molecule has 2 N–H and O–H groups in total. The predicted octanol–water partition coefficient (Wildman–Crippen LogP) is 1.98. The molecule has 0 aromatic carbocycles. The molecule has 7 nitrogen and oxygen atoms in total. The van der Waals surface area contributed by atoms with Gasteiger partial charge in [0.15, 0.2) is 11.5 Å². The maximum absolute atomic E-state index is 12.5. The first-order chi connectivity index (χ1) is 11.6. The van der Waals surface area contributed by atoms with E-state index in [1.54, 1.807) is 0 Å². The van der Waals surface area contributed by atoms with E-state index < -0.39 is 0 Å². The number of amides is 2. The van der Waals surface area contributed by atoms with Gasteiger partial charge in [-0.3, -0.25) is 4.40 Å². The summed E-state index contributed by atoms with van der Waals surface area (Å²) in [5, 5.41) is 20.9. The number of fused-ring (bicyclic) bond motifs is 1. The first-order valence-electron chi connectivity index (χ1n) is 8.54. The molecule has 1 fully saturated rings. The third-order valence-electron chi connectivity index (χ3n) is 5.26. The summed E-state index contributed by atoms with van der Waals surface area (Å²) in [7, 11) is 0. The molecule has 2 aromatic heterocycles. The van der Waals surface area contributed by atoms with E-state index in [1.165, 1.54) is 0 Å². The van der Waals surface area contributed by atoms with Gasteiger partial charge in [-0.05, 0) is 43.7 Å². The lowest BCUT2D eigenvalue weighted by Gasteiger charge is -2.40. The number of nitrogens with one attached hydrogen (secondary N) is 1. The lowest BCUT2D eigenvalue weighted by molar-refractivity contribution is 0.0515. The standard InChI is InChI=1S/C17H25N5O2/c1-3-17(12-23)7-10-21(11-8-17)16(24)18-13(2)15-20-19-14-6-4-5-9-22(14)15/h4-6,9,13,23H,3,7-8,10-12H2,1-2H3,(H,18,24). The zero-order valence-corrected chi connectivity index (χ0v) is 14.3. The molecule has 130 valence electrons. The molecule has 2 amide bonds. The van der Waals surface area contributed by atoms with Gasteiger partial charge in [-0.15, -0.1) is 10.2 Å². The lowest BCUT2D eigenvalue weighted by Crippen LogP contribution is -2.48. The van der Waals surface area contributed by atoms with Crippen LogP contribution in [0.1, 0.15) is 45.0 Å². The zero-order chi connectivity index (χ0) is 17.2. The van der Waals surface area contributed by atoms with Gasteiger partial charge in [0.05, 0.1) is 6.04 Å². The Morgan fingerprint density at radius 2 is 2.12 bits per heavy atom. The number of hydrogen-bond donors (Lipinski definition) is 2. The van der Waals surface area contributed by atoms with Crippen LogP contribution in [0, 0.1) is 5.41 Å². The molecule has 0 spiro atoms. The minimum absolute atomic E-state index is 0.0222. The number of urea groups is 1. The maximum Gasteiger partial charge on any atom is 0.317 e. The van der Waals surface area contributed by atoms with E-state index in [0.29, 0.717) is 18.9 Å². The van der Waals surface area contributed by atoms with Crippen molar-refractivity contribution >= 4 is 11.7 Å². The van der Waals surface area contributed by atoms with Crippen LogP contribution in [0.25, 0.3) is 5.65 Å². The number of hydrogen-bond acceptors (Lipinski definition) is 4. The summed E-state index contributed by atoms with van der Waals surface area (Å²) in [6.45, 7) is 5.56. The smallest absolute Gasteiger partial charge is 0.317 e. The van der Waals surface area contributed by atoms with Crippen molar-refractivity contribution in [2.45, 2.75) is 39.2 Å². The van der Waals surface area contributed by atoms with E-state index in [-0.39, 0.29) is 24.1 Å². The fourth-order valence-corrected chi connectivity index (χ4v) is 3.30. The van der Waals surface area contributed by atoms with Crippen LogP contribution in [0.4, 0.5) is 4.79 Å². The SMILES string of the molecule is CCC1(CO)CCN(C(=O)NC(C)c2nnc3ccccn23)CC1. The Labute approximate surface area is 141 Å². The van der Waals surface area contributed by atoms with Crippen LogP contribution in [0.15, 0.2) is 24.4 Å². The molecule has 3 rings (SSSR count). The second kappa shape index (κ2) is 6.76. The third-order valence-corrected chi connectivity index (χ3v) is 5.26. The van der Waals surface area contributed by atoms with Crippen LogP contribution in [0.5, 0.6) is 0 Å². The molecule has 2 aromatic rings. The van der Waals surface area contributed by atoms with Crippen LogP contribution in [0.3, 0.4) is 0 Å². The average Bonchev–Trinajstić information content (AvgIpc) is 3.06. The van der Waals surface area contributed by atoms with Crippen molar-refractivity contribution < 1.29 is 9.90 Å². The molecule has 0 aliphatic carbocycles.